The predicted octanol–water partition coefficient (Wildman–Crippen LogP) is 3.29. The van der Waals surface area contributed by atoms with Gasteiger partial charge in [0.05, 0.1) is 16.3 Å². The first-order chi connectivity index (χ1) is 6.95. The summed E-state index contributed by atoms with van der Waals surface area (Å²) >= 11 is 1.77. The quantitative estimate of drug-likeness (QED) is 0.648. The van der Waals surface area contributed by atoms with E-state index in [0.29, 0.717) is 0 Å². The lowest BCUT2D eigenvalue weighted by atomic mass is 10.1. The van der Waals surface area contributed by atoms with Crippen LogP contribution in [0.1, 0.15) is 11.1 Å². The highest BCUT2D eigenvalue weighted by molar-refractivity contribution is 7.11. The molecule has 1 aromatic carbocycles. The molecule has 0 saturated heterocycles. The van der Waals surface area contributed by atoms with Gasteiger partial charge in [-0.05, 0) is 23.6 Å². The second-order valence-corrected chi connectivity index (χ2v) is 4.43. The van der Waals surface area contributed by atoms with Crippen molar-refractivity contribution in [2.45, 2.75) is 6.23 Å². The maximum absolute atomic E-state index is 5.83. The standard InChI is InChI=1S/C11H7NOS/c1-2-4-9-7(3-1)12-8-5-6-14-10(8)11(12)13-9/h1-6,11H. The summed E-state index contributed by atoms with van der Waals surface area (Å²) in [4.78, 5) is 3.60. The molecule has 2 nitrogen and oxygen atoms in total. The van der Waals surface area contributed by atoms with Crippen LogP contribution in [0.25, 0.3) is 0 Å². The number of ether oxygens (including phenoxy) is 1. The summed E-state index contributed by atoms with van der Waals surface area (Å²) in [6, 6.07) is 10.4. The molecule has 14 heavy (non-hydrogen) atoms. The number of anilines is 2. The van der Waals surface area contributed by atoms with Crippen LogP contribution in [-0.4, -0.2) is 0 Å². The van der Waals surface area contributed by atoms with Crippen molar-refractivity contribution in [1.29, 1.82) is 0 Å². The Labute approximate surface area is 85.4 Å². The SMILES string of the molecule is c1ccc2c(c1)OC1c3sccc3N21. The molecule has 0 N–H and O–H groups in total. The summed E-state index contributed by atoms with van der Waals surface area (Å²) in [6.45, 7) is 0. The van der Waals surface area contributed by atoms with Crippen LogP contribution in [0.15, 0.2) is 35.7 Å². The first-order valence-electron chi connectivity index (χ1n) is 4.57. The van der Waals surface area contributed by atoms with Gasteiger partial charge in [-0.2, -0.15) is 0 Å². The number of para-hydroxylation sites is 2. The van der Waals surface area contributed by atoms with Crippen molar-refractivity contribution >= 4 is 22.7 Å². The molecular weight excluding hydrogens is 194 g/mol. The summed E-state index contributed by atoms with van der Waals surface area (Å²) in [5, 5.41) is 2.12. The molecule has 1 unspecified atom stereocenters. The average molecular weight is 201 g/mol. The van der Waals surface area contributed by atoms with Gasteiger partial charge in [-0.25, -0.2) is 0 Å². The zero-order chi connectivity index (χ0) is 9.12. The minimum Gasteiger partial charge on any atom is -0.463 e. The van der Waals surface area contributed by atoms with Gasteiger partial charge in [-0.3, -0.25) is 4.90 Å². The summed E-state index contributed by atoms with van der Waals surface area (Å²) in [5.41, 5.74) is 2.51. The highest BCUT2D eigenvalue weighted by atomic mass is 32.1. The number of thiophene rings is 1. The van der Waals surface area contributed by atoms with Gasteiger partial charge in [0.2, 0.25) is 6.23 Å². The van der Waals surface area contributed by atoms with Crippen molar-refractivity contribution in [1.82, 2.24) is 0 Å². The smallest absolute Gasteiger partial charge is 0.214 e. The minimum atomic E-state index is 0.155. The van der Waals surface area contributed by atoms with Crippen molar-refractivity contribution in [3.8, 4) is 5.75 Å². The molecule has 0 bridgehead atoms. The van der Waals surface area contributed by atoms with Crippen LogP contribution < -0.4 is 9.64 Å². The van der Waals surface area contributed by atoms with Crippen molar-refractivity contribution in [2.75, 3.05) is 4.90 Å². The van der Waals surface area contributed by atoms with Crippen LogP contribution in [0.5, 0.6) is 5.75 Å². The Morgan fingerprint density at radius 3 is 3.07 bits per heavy atom. The first kappa shape index (κ1) is 6.90. The lowest BCUT2D eigenvalue weighted by molar-refractivity contribution is 0.228. The average Bonchev–Trinajstić information content (AvgIpc) is 2.72. The van der Waals surface area contributed by atoms with E-state index in [2.05, 4.69) is 28.5 Å². The van der Waals surface area contributed by atoms with Crippen molar-refractivity contribution in [3.05, 3.63) is 40.6 Å². The topological polar surface area (TPSA) is 12.5 Å². The largest absolute Gasteiger partial charge is 0.463 e. The Bertz CT molecular complexity index is 520. The monoisotopic (exact) mass is 201 g/mol. The lowest BCUT2D eigenvalue weighted by Gasteiger charge is -2.34. The van der Waals surface area contributed by atoms with Gasteiger partial charge in [-0.15, -0.1) is 11.3 Å². The number of hydrogen-bond donors (Lipinski definition) is 0. The van der Waals surface area contributed by atoms with Crippen molar-refractivity contribution < 1.29 is 4.74 Å². The van der Waals surface area contributed by atoms with E-state index in [1.165, 1.54) is 16.3 Å². The number of rotatable bonds is 0. The van der Waals surface area contributed by atoms with Crippen LogP contribution >= 0.6 is 11.3 Å². The van der Waals surface area contributed by atoms with E-state index in [4.69, 9.17) is 4.74 Å². The van der Waals surface area contributed by atoms with Crippen molar-refractivity contribution in [3.63, 3.8) is 0 Å². The summed E-state index contributed by atoms with van der Waals surface area (Å²) in [6.07, 6.45) is 0.155. The minimum absolute atomic E-state index is 0.155. The molecule has 1 atom stereocenters. The number of nitrogens with zero attached hydrogens (tertiary/aromatic N) is 1. The van der Waals surface area contributed by atoms with Gasteiger partial charge in [0.15, 0.2) is 0 Å². The maximum atomic E-state index is 5.83. The Hall–Kier alpha value is -1.48. The van der Waals surface area contributed by atoms with Crippen LogP contribution in [0.2, 0.25) is 0 Å². The fourth-order valence-corrected chi connectivity index (χ4v) is 3.01. The Balaban J connectivity index is 1.96. The van der Waals surface area contributed by atoms with Gasteiger partial charge < -0.3 is 4.74 Å². The zero-order valence-corrected chi connectivity index (χ0v) is 8.12. The van der Waals surface area contributed by atoms with Gasteiger partial charge in [-0.1, -0.05) is 12.1 Å². The van der Waals surface area contributed by atoms with E-state index in [1.54, 1.807) is 11.3 Å². The Morgan fingerprint density at radius 2 is 2.07 bits per heavy atom. The third-order valence-corrected chi connectivity index (χ3v) is 3.69. The third-order valence-electron chi connectivity index (χ3n) is 2.76. The first-order valence-corrected chi connectivity index (χ1v) is 5.45. The molecule has 68 valence electrons. The molecule has 0 saturated carbocycles. The number of fused-ring (bicyclic) bond motifs is 6. The van der Waals surface area contributed by atoms with Crippen LogP contribution in [0.4, 0.5) is 11.4 Å². The molecule has 4 rings (SSSR count). The molecule has 1 aromatic heterocycles. The molecule has 3 heteroatoms. The van der Waals surface area contributed by atoms with E-state index in [9.17, 15) is 0 Å². The molecule has 0 amide bonds. The summed E-state index contributed by atoms with van der Waals surface area (Å²) < 4.78 is 5.83. The molecule has 0 spiro atoms. The number of benzene rings is 1. The fourth-order valence-electron chi connectivity index (χ4n) is 2.11. The van der Waals surface area contributed by atoms with Crippen LogP contribution in [0.3, 0.4) is 0 Å². The van der Waals surface area contributed by atoms with E-state index >= 15 is 0 Å². The second-order valence-electron chi connectivity index (χ2n) is 3.48. The zero-order valence-electron chi connectivity index (χ0n) is 7.31. The van der Waals surface area contributed by atoms with Crippen molar-refractivity contribution in [2.24, 2.45) is 0 Å². The van der Waals surface area contributed by atoms with Gasteiger partial charge >= 0.3 is 0 Å². The third kappa shape index (κ3) is 0.610. The summed E-state index contributed by atoms with van der Waals surface area (Å²) in [7, 11) is 0. The van der Waals surface area contributed by atoms with E-state index in [-0.39, 0.29) is 6.23 Å². The number of hydrogen-bond acceptors (Lipinski definition) is 3. The molecule has 0 fully saturated rings. The normalized spacial score (nSPS) is 20.6. The molecule has 3 heterocycles. The highest BCUT2D eigenvalue weighted by Crippen LogP contribution is 2.58. The fraction of sp³-hybridized carbons (Fsp3) is 0.0909. The van der Waals surface area contributed by atoms with Crippen LogP contribution in [-0.2, 0) is 0 Å². The van der Waals surface area contributed by atoms with Gasteiger partial charge in [0.25, 0.3) is 0 Å². The van der Waals surface area contributed by atoms with E-state index in [1.807, 2.05) is 12.1 Å². The Kier molecular flexibility index (Phi) is 1.04. The molecule has 0 radical (unpaired) electrons. The Morgan fingerprint density at radius 1 is 1.14 bits per heavy atom. The molecular formula is C11H7NOS. The van der Waals surface area contributed by atoms with Gasteiger partial charge in [0.1, 0.15) is 5.75 Å². The lowest BCUT2D eigenvalue weighted by Crippen LogP contribution is -2.30. The molecule has 0 aliphatic carbocycles. The molecule has 2 aliphatic heterocycles. The van der Waals surface area contributed by atoms with E-state index < -0.39 is 0 Å². The van der Waals surface area contributed by atoms with E-state index in [0.717, 1.165) is 5.75 Å². The molecule has 2 aliphatic rings. The summed E-state index contributed by atoms with van der Waals surface area (Å²) in [5.74, 6) is 1.00. The second kappa shape index (κ2) is 2.12. The maximum Gasteiger partial charge on any atom is 0.214 e. The highest BCUT2D eigenvalue weighted by Gasteiger charge is 2.44. The predicted molar refractivity (Wildman–Crippen MR) is 56.3 cm³/mol. The van der Waals surface area contributed by atoms with Crippen LogP contribution in [0, 0.1) is 0 Å². The molecule has 2 aromatic rings. The van der Waals surface area contributed by atoms with Gasteiger partial charge in [0, 0.05) is 0 Å².